The van der Waals surface area contributed by atoms with Gasteiger partial charge in [-0.25, -0.2) is 0 Å². The van der Waals surface area contributed by atoms with Crippen LogP contribution in [-0.4, -0.2) is 46.7 Å². The van der Waals surface area contributed by atoms with Crippen LogP contribution in [0.3, 0.4) is 0 Å². The summed E-state index contributed by atoms with van der Waals surface area (Å²) in [6.45, 7) is 1.94. The summed E-state index contributed by atoms with van der Waals surface area (Å²) in [6.07, 6.45) is 6.50. The van der Waals surface area contributed by atoms with E-state index in [1.165, 1.54) is 0 Å². The van der Waals surface area contributed by atoms with Gasteiger partial charge in [-0.05, 0) is 79.6 Å². The van der Waals surface area contributed by atoms with Crippen LogP contribution in [0.4, 0.5) is 0 Å². The molecule has 0 heterocycles. The molecule has 0 aromatic heterocycles. The molecule has 0 saturated heterocycles. The van der Waals surface area contributed by atoms with Gasteiger partial charge in [0.25, 0.3) is 0 Å². The first-order valence-electron chi connectivity index (χ1n) is 13.8. The van der Waals surface area contributed by atoms with Crippen molar-refractivity contribution in [2.45, 2.75) is 45.2 Å². The number of hydrogen-bond donors (Lipinski definition) is 2. The molecule has 1 aliphatic rings. The molecule has 5 rings (SSSR count). The minimum atomic E-state index is -1.08. The van der Waals surface area contributed by atoms with Crippen LogP contribution in [0.15, 0.2) is 107 Å². The van der Waals surface area contributed by atoms with E-state index < -0.39 is 11.9 Å². The molecule has 1 saturated carbocycles. The number of carboxylic acid groups (broad SMARTS) is 2. The second-order valence-electron chi connectivity index (χ2n) is 9.88. The molecule has 0 bridgehead atoms. The van der Waals surface area contributed by atoms with Crippen molar-refractivity contribution in [1.29, 1.82) is 0 Å². The first-order chi connectivity index (χ1) is 20.6. The van der Waals surface area contributed by atoms with Crippen LogP contribution in [0.25, 0.3) is 22.3 Å². The fourth-order valence-electron chi connectivity index (χ4n) is 4.56. The van der Waals surface area contributed by atoms with Gasteiger partial charge < -0.3 is 30.0 Å². The van der Waals surface area contributed by atoms with Crippen molar-refractivity contribution in [3.05, 3.63) is 108 Å². The maximum absolute atomic E-state index is 10.4. The summed E-state index contributed by atoms with van der Waals surface area (Å²) < 4.78 is 0. The zero-order valence-electron chi connectivity index (χ0n) is 24.4. The number of hydrogen-bond acceptors (Lipinski definition) is 8. The summed E-state index contributed by atoms with van der Waals surface area (Å²) in [5.41, 5.74) is 5.69. The van der Waals surface area contributed by atoms with Crippen LogP contribution in [0.2, 0.25) is 0 Å². The number of carboxylic acids is 2. The van der Waals surface area contributed by atoms with Gasteiger partial charge >= 0.3 is 16.8 Å². The Balaban J connectivity index is 0.000000672. The molecule has 1 aliphatic carbocycles. The van der Waals surface area contributed by atoms with Crippen LogP contribution in [0.5, 0.6) is 11.5 Å². The van der Waals surface area contributed by atoms with E-state index in [0.29, 0.717) is 11.1 Å². The van der Waals surface area contributed by atoms with E-state index in [0.717, 1.165) is 55.4 Å². The number of rotatable bonds is 6. The Morgan fingerprint density at radius 1 is 0.636 bits per heavy atom. The average molecular weight is 638 g/mol. The maximum Gasteiger partial charge on any atom is 2.00 e. The molecule has 9 heteroatoms. The molecule has 4 aromatic rings. The molecule has 0 aliphatic heterocycles. The Hall–Kier alpha value is -4.73. The molecule has 0 spiro atoms. The average Bonchev–Trinajstić information content (AvgIpc) is 3.44. The van der Waals surface area contributed by atoms with Crippen LogP contribution < -0.4 is 10.2 Å². The van der Waals surface area contributed by atoms with Gasteiger partial charge in [-0.15, -0.1) is 0 Å². The smallest absolute Gasteiger partial charge is 0.550 e. The van der Waals surface area contributed by atoms with Gasteiger partial charge in [-0.1, -0.05) is 72.8 Å². The van der Waals surface area contributed by atoms with Crippen molar-refractivity contribution in [2.75, 3.05) is 0 Å². The molecule has 8 nitrogen and oxygen atoms in total. The van der Waals surface area contributed by atoms with Gasteiger partial charge in [0.15, 0.2) is 0 Å². The van der Waals surface area contributed by atoms with Gasteiger partial charge in [-0.2, -0.15) is 0 Å². The summed E-state index contributed by atoms with van der Waals surface area (Å²) in [5, 5.41) is 38.5. The third kappa shape index (κ3) is 11.5. The van der Waals surface area contributed by atoms with Gasteiger partial charge in [0.2, 0.25) is 0 Å². The van der Waals surface area contributed by atoms with Crippen LogP contribution in [0.1, 0.15) is 44.2 Å². The molecule has 0 amide bonds. The van der Waals surface area contributed by atoms with E-state index in [1.54, 1.807) is 24.6 Å². The summed E-state index contributed by atoms with van der Waals surface area (Å²) in [6, 6.07) is 31.5. The monoisotopic (exact) mass is 637 g/mol. The Labute approximate surface area is 267 Å². The van der Waals surface area contributed by atoms with Crippen LogP contribution in [0, 0.1) is 0 Å². The van der Waals surface area contributed by atoms with Crippen molar-refractivity contribution in [2.24, 2.45) is 9.98 Å². The van der Waals surface area contributed by atoms with Crippen LogP contribution in [-0.2, 0) is 26.4 Å². The summed E-state index contributed by atoms with van der Waals surface area (Å²) in [5.74, 6) is -1.73. The van der Waals surface area contributed by atoms with Crippen molar-refractivity contribution in [3.8, 4) is 33.8 Å². The summed E-state index contributed by atoms with van der Waals surface area (Å²) >= 11 is 0. The maximum atomic E-state index is 10.4. The van der Waals surface area contributed by atoms with Crippen molar-refractivity contribution >= 4 is 24.4 Å². The van der Waals surface area contributed by atoms with E-state index >= 15 is 0 Å². The number of phenols is 2. The second kappa shape index (κ2) is 18.0. The first kappa shape index (κ1) is 35.5. The van der Waals surface area contributed by atoms with Gasteiger partial charge in [0, 0.05) is 35.5 Å². The quantitative estimate of drug-likeness (QED) is 0.300. The van der Waals surface area contributed by atoms with Crippen LogP contribution >= 0.6 is 0 Å². The van der Waals surface area contributed by atoms with Gasteiger partial charge in [0.1, 0.15) is 11.5 Å². The number of carbonyl (C=O) groups excluding carboxylic acids is 2. The number of aliphatic carboxylic acids is 2. The number of phenolic OH excluding ortho intramolecular Hbond substituents is 2. The van der Waals surface area contributed by atoms with Crippen molar-refractivity contribution < 1.29 is 46.8 Å². The minimum absolute atomic E-state index is 0. The normalized spacial score (nSPS) is 15.4. The molecule has 44 heavy (non-hydrogen) atoms. The van der Waals surface area contributed by atoms with Gasteiger partial charge in [0.05, 0.1) is 12.1 Å². The Kier molecular flexibility index (Phi) is 14.5. The minimum Gasteiger partial charge on any atom is -0.550 e. The number of aromatic hydroxyl groups is 2. The number of carbonyl (C=O) groups is 2. The Bertz CT molecular complexity index is 1430. The fraction of sp³-hybridized carbons (Fsp3) is 0.200. The molecular formula is C35H34CoN2O6. The Morgan fingerprint density at radius 3 is 1.32 bits per heavy atom. The molecule has 2 N–H and O–H groups in total. The summed E-state index contributed by atoms with van der Waals surface area (Å²) in [7, 11) is 0. The number of aliphatic imine (C=N–C) groups is 2. The van der Waals surface area contributed by atoms with E-state index in [9.17, 15) is 10.2 Å². The third-order valence-electron chi connectivity index (χ3n) is 6.52. The molecular weight excluding hydrogens is 603 g/mol. The van der Waals surface area contributed by atoms with Gasteiger partial charge in [-0.3, -0.25) is 9.98 Å². The SMILES string of the molecule is CC(=O)[O-].CC(=O)[O-].Oc1ccc(-c2ccccc2)cc1C=NC1CCCC1N=Cc1cc(-c2ccccc2)ccc1O.[Co+2]. The summed E-state index contributed by atoms with van der Waals surface area (Å²) in [4.78, 5) is 27.4. The molecule has 2 atom stereocenters. The predicted molar refractivity (Wildman–Crippen MR) is 165 cm³/mol. The molecule has 1 fully saturated rings. The molecule has 4 aromatic carbocycles. The molecule has 1 radical (unpaired) electrons. The van der Waals surface area contributed by atoms with Crippen molar-refractivity contribution in [3.63, 3.8) is 0 Å². The molecule has 2 unspecified atom stereocenters. The third-order valence-corrected chi connectivity index (χ3v) is 6.52. The van der Waals surface area contributed by atoms with E-state index in [2.05, 4.69) is 24.3 Å². The zero-order chi connectivity index (χ0) is 31.2. The first-order valence-corrected chi connectivity index (χ1v) is 13.8. The topological polar surface area (TPSA) is 145 Å². The zero-order valence-corrected chi connectivity index (χ0v) is 25.5. The van der Waals surface area contributed by atoms with E-state index in [-0.39, 0.29) is 40.4 Å². The number of nitrogens with zero attached hydrogens (tertiary/aromatic N) is 2. The standard InChI is InChI=1S/C31H28N2O2.2C2H4O2.Co/c34-30-16-14-24(22-8-3-1-4-9-22)18-26(30)20-32-28-12-7-13-29(28)33-21-27-19-25(15-17-31(27)35)23-10-5-2-6-11-23;2*1-2(3)4;/h1-6,8-11,14-21,28-29,34-35H,7,12-13H2;2*1H3,(H,3,4);/q;;;+2/p-2. The second-order valence-corrected chi connectivity index (χ2v) is 9.88. The Morgan fingerprint density at radius 2 is 0.977 bits per heavy atom. The van der Waals surface area contributed by atoms with E-state index in [1.807, 2.05) is 60.7 Å². The molecule has 229 valence electrons. The van der Waals surface area contributed by atoms with Crippen molar-refractivity contribution in [1.82, 2.24) is 0 Å². The predicted octanol–water partition coefficient (Wildman–Crippen LogP) is 4.40. The number of benzene rings is 4. The fourth-order valence-corrected chi connectivity index (χ4v) is 4.56. The largest absolute Gasteiger partial charge is 2.00 e. The van der Waals surface area contributed by atoms with E-state index in [4.69, 9.17) is 29.8 Å².